The maximum absolute atomic E-state index is 11.7. The van der Waals surface area contributed by atoms with Crippen LogP contribution in [0.1, 0.15) is 25.8 Å². The molecule has 4 heteroatoms. The van der Waals surface area contributed by atoms with Crippen molar-refractivity contribution in [1.29, 1.82) is 0 Å². The first-order valence-electron chi connectivity index (χ1n) is 6.80. The van der Waals surface area contributed by atoms with Crippen molar-refractivity contribution >= 4 is 11.6 Å². The average molecular weight is 263 g/mol. The molecule has 1 amide bonds. The van der Waals surface area contributed by atoms with Crippen molar-refractivity contribution in [3.8, 4) is 0 Å². The Balaban J connectivity index is 2.19. The summed E-state index contributed by atoms with van der Waals surface area (Å²) >= 11 is 0. The van der Waals surface area contributed by atoms with Crippen LogP contribution in [0.3, 0.4) is 0 Å². The number of hydrogen-bond acceptors (Lipinski definition) is 3. The first-order valence-corrected chi connectivity index (χ1v) is 6.80. The third-order valence-corrected chi connectivity index (χ3v) is 3.29. The zero-order chi connectivity index (χ0) is 14.3. The maximum Gasteiger partial charge on any atom is 0.220 e. The molecule has 0 fully saturated rings. The van der Waals surface area contributed by atoms with E-state index in [-0.39, 0.29) is 5.91 Å². The lowest BCUT2D eigenvalue weighted by Gasteiger charge is -2.20. The molecular weight excluding hydrogens is 238 g/mol. The number of likely N-dealkylation sites (N-methyl/N-ethyl adjacent to an activating group) is 1. The molecule has 0 spiro atoms. The lowest BCUT2D eigenvalue weighted by Crippen LogP contribution is -2.36. The van der Waals surface area contributed by atoms with Crippen molar-refractivity contribution < 1.29 is 4.79 Å². The molecule has 0 saturated heterocycles. The minimum absolute atomic E-state index is 0.106. The number of nitrogens with zero attached hydrogens (tertiary/aromatic N) is 1. The van der Waals surface area contributed by atoms with Gasteiger partial charge in [0.1, 0.15) is 0 Å². The van der Waals surface area contributed by atoms with Crippen molar-refractivity contribution in [3.05, 3.63) is 29.8 Å². The van der Waals surface area contributed by atoms with Gasteiger partial charge in [0.2, 0.25) is 5.91 Å². The summed E-state index contributed by atoms with van der Waals surface area (Å²) in [6.07, 6.45) is 1.28. The van der Waals surface area contributed by atoms with Gasteiger partial charge in [-0.25, -0.2) is 0 Å². The Morgan fingerprint density at radius 1 is 1.32 bits per heavy atom. The number of aryl methyl sites for hydroxylation is 1. The van der Waals surface area contributed by atoms with Gasteiger partial charge in [0.15, 0.2) is 0 Å². The van der Waals surface area contributed by atoms with Gasteiger partial charge in [0.25, 0.3) is 0 Å². The van der Waals surface area contributed by atoms with Crippen LogP contribution in [0.25, 0.3) is 0 Å². The predicted octanol–water partition coefficient (Wildman–Crippen LogP) is 1.66. The van der Waals surface area contributed by atoms with Gasteiger partial charge in [-0.05, 0) is 45.0 Å². The Hall–Kier alpha value is -1.55. The van der Waals surface area contributed by atoms with Crippen molar-refractivity contribution in [3.63, 3.8) is 0 Å². The molecule has 0 aliphatic heterocycles. The highest BCUT2D eigenvalue weighted by Gasteiger charge is 2.05. The van der Waals surface area contributed by atoms with Gasteiger partial charge in [-0.3, -0.25) is 4.79 Å². The minimum atomic E-state index is 0.106. The Labute approximate surface area is 116 Å². The van der Waals surface area contributed by atoms with Crippen LogP contribution in [-0.4, -0.2) is 37.0 Å². The van der Waals surface area contributed by atoms with Gasteiger partial charge < -0.3 is 16.0 Å². The number of nitrogen functional groups attached to an aromatic ring is 1. The fourth-order valence-corrected chi connectivity index (χ4v) is 1.66. The van der Waals surface area contributed by atoms with E-state index in [9.17, 15) is 4.79 Å². The van der Waals surface area contributed by atoms with E-state index in [0.29, 0.717) is 19.0 Å². The van der Waals surface area contributed by atoms with Crippen LogP contribution in [0.2, 0.25) is 0 Å². The number of nitrogens with one attached hydrogen (secondary N) is 1. The number of benzene rings is 1. The van der Waals surface area contributed by atoms with E-state index in [1.165, 1.54) is 0 Å². The number of rotatable bonds is 7. The second-order valence-electron chi connectivity index (χ2n) is 5.17. The van der Waals surface area contributed by atoms with E-state index in [1.54, 1.807) is 0 Å². The molecule has 0 radical (unpaired) electrons. The highest BCUT2D eigenvalue weighted by molar-refractivity contribution is 5.76. The van der Waals surface area contributed by atoms with Gasteiger partial charge in [-0.15, -0.1) is 0 Å². The molecule has 0 saturated carbocycles. The summed E-state index contributed by atoms with van der Waals surface area (Å²) in [5, 5.41) is 2.94. The highest BCUT2D eigenvalue weighted by atomic mass is 16.1. The molecule has 0 heterocycles. The number of carbonyl (C=O) groups excluding carboxylic acids is 1. The van der Waals surface area contributed by atoms with Gasteiger partial charge in [0.05, 0.1) is 0 Å². The van der Waals surface area contributed by atoms with Crippen molar-refractivity contribution in [2.75, 3.05) is 25.9 Å². The fraction of sp³-hybridized carbons (Fsp3) is 0.533. The van der Waals surface area contributed by atoms with Crippen LogP contribution >= 0.6 is 0 Å². The van der Waals surface area contributed by atoms with Crippen LogP contribution in [0, 0.1) is 0 Å². The van der Waals surface area contributed by atoms with Gasteiger partial charge in [0, 0.05) is 31.2 Å². The Kier molecular flexibility index (Phi) is 6.36. The molecule has 3 N–H and O–H groups in total. The molecular formula is C15H25N3O. The summed E-state index contributed by atoms with van der Waals surface area (Å²) in [7, 11) is 2.06. The van der Waals surface area contributed by atoms with Crippen molar-refractivity contribution in [2.45, 2.75) is 32.7 Å². The van der Waals surface area contributed by atoms with Crippen molar-refractivity contribution in [1.82, 2.24) is 10.2 Å². The van der Waals surface area contributed by atoms with Gasteiger partial charge in [-0.2, -0.15) is 0 Å². The topological polar surface area (TPSA) is 58.4 Å². The van der Waals surface area contributed by atoms with E-state index >= 15 is 0 Å². The van der Waals surface area contributed by atoms with Gasteiger partial charge in [-0.1, -0.05) is 12.1 Å². The number of carbonyl (C=O) groups is 1. The van der Waals surface area contributed by atoms with E-state index in [2.05, 4.69) is 31.1 Å². The first-order chi connectivity index (χ1) is 8.99. The standard InChI is InChI=1S/C15H25N3O/c1-12(2)18(3)11-10-17-15(19)9-6-13-4-7-14(16)8-5-13/h4-5,7-8,12H,6,9-11,16H2,1-3H3,(H,17,19). The third-order valence-electron chi connectivity index (χ3n) is 3.29. The summed E-state index contributed by atoms with van der Waals surface area (Å²) in [5.41, 5.74) is 7.51. The molecule has 0 bridgehead atoms. The smallest absolute Gasteiger partial charge is 0.220 e. The minimum Gasteiger partial charge on any atom is -0.399 e. The fourth-order valence-electron chi connectivity index (χ4n) is 1.66. The van der Waals surface area contributed by atoms with E-state index in [4.69, 9.17) is 5.73 Å². The monoisotopic (exact) mass is 263 g/mol. The Bertz CT molecular complexity index is 387. The van der Waals surface area contributed by atoms with Crippen LogP contribution in [0.15, 0.2) is 24.3 Å². The third kappa shape index (κ3) is 6.25. The molecule has 0 atom stereocenters. The van der Waals surface area contributed by atoms with Crippen LogP contribution < -0.4 is 11.1 Å². The molecule has 0 aliphatic rings. The van der Waals surface area contributed by atoms with Crippen LogP contribution in [0.5, 0.6) is 0 Å². The zero-order valence-electron chi connectivity index (χ0n) is 12.1. The SMILES string of the molecule is CC(C)N(C)CCNC(=O)CCc1ccc(N)cc1. The lowest BCUT2D eigenvalue weighted by atomic mass is 10.1. The summed E-state index contributed by atoms with van der Waals surface area (Å²) in [6.45, 7) is 5.87. The Morgan fingerprint density at radius 2 is 1.95 bits per heavy atom. The van der Waals surface area contributed by atoms with Crippen LogP contribution in [0.4, 0.5) is 5.69 Å². The van der Waals surface area contributed by atoms with Gasteiger partial charge >= 0.3 is 0 Å². The second kappa shape index (κ2) is 7.79. The molecule has 19 heavy (non-hydrogen) atoms. The number of anilines is 1. The summed E-state index contributed by atoms with van der Waals surface area (Å²) in [4.78, 5) is 13.9. The summed E-state index contributed by atoms with van der Waals surface area (Å²) < 4.78 is 0. The largest absolute Gasteiger partial charge is 0.399 e. The predicted molar refractivity (Wildman–Crippen MR) is 80.0 cm³/mol. The molecule has 1 aromatic carbocycles. The average Bonchev–Trinajstić information content (AvgIpc) is 2.37. The molecule has 1 rings (SSSR count). The van der Waals surface area contributed by atoms with E-state index in [1.807, 2.05) is 24.3 Å². The molecule has 0 aromatic heterocycles. The molecule has 0 unspecified atom stereocenters. The molecule has 0 aliphatic carbocycles. The highest BCUT2D eigenvalue weighted by Crippen LogP contribution is 2.07. The maximum atomic E-state index is 11.7. The zero-order valence-corrected chi connectivity index (χ0v) is 12.1. The molecule has 4 nitrogen and oxygen atoms in total. The number of hydrogen-bond donors (Lipinski definition) is 2. The van der Waals surface area contributed by atoms with E-state index in [0.717, 1.165) is 24.2 Å². The summed E-state index contributed by atoms with van der Waals surface area (Å²) in [5.74, 6) is 0.106. The Morgan fingerprint density at radius 3 is 2.53 bits per heavy atom. The second-order valence-corrected chi connectivity index (χ2v) is 5.17. The quantitative estimate of drug-likeness (QED) is 0.736. The van der Waals surface area contributed by atoms with Crippen LogP contribution in [-0.2, 0) is 11.2 Å². The molecule has 106 valence electrons. The first kappa shape index (κ1) is 15.5. The molecule has 1 aromatic rings. The summed E-state index contributed by atoms with van der Waals surface area (Å²) in [6, 6.07) is 8.17. The van der Waals surface area contributed by atoms with Crippen molar-refractivity contribution in [2.24, 2.45) is 0 Å². The van der Waals surface area contributed by atoms with E-state index < -0.39 is 0 Å². The number of amides is 1. The normalized spacial score (nSPS) is 11.0. The lowest BCUT2D eigenvalue weighted by molar-refractivity contribution is -0.121. The number of nitrogens with two attached hydrogens (primary N) is 1.